The lowest BCUT2D eigenvalue weighted by atomic mass is 10.2. The number of esters is 1. The van der Waals surface area contributed by atoms with Crippen LogP contribution in [0.5, 0.6) is 0 Å². The molecule has 1 atom stereocenters. The molecule has 1 saturated heterocycles. The molecule has 1 fully saturated rings. The Balaban J connectivity index is 1.77. The molecule has 1 aromatic rings. The average molecular weight is 320 g/mol. The van der Waals surface area contributed by atoms with Gasteiger partial charge in [0.15, 0.2) is 6.61 Å². The number of rotatable bonds is 6. The summed E-state index contributed by atoms with van der Waals surface area (Å²) in [7, 11) is 0. The molecule has 0 aliphatic carbocycles. The van der Waals surface area contributed by atoms with Crippen LogP contribution in [-0.2, 0) is 19.1 Å². The van der Waals surface area contributed by atoms with Gasteiger partial charge in [-0.1, -0.05) is 6.07 Å². The van der Waals surface area contributed by atoms with Crippen LogP contribution >= 0.6 is 0 Å². The molecule has 2 rings (SSSR count). The van der Waals surface area contributed by atoms with E-state index in [1.54, 1.807) is 18.2 Å². The minimum absolute atomic E-state index is 0.0454. The molecule has 0 aromatic heterocycles. The van der Waals surface area contributed by atoms with Crippen LogP contribution in [0.2, 0.25) is 0 Å². The molecule has 1 aromatic carbocycles. The summed E-state index contributed by atoms with van der Waals surface area (Å²) in [5.74, 6) is -1.22. The van der Waals surface area contributed by atoms with E-state index in [-0.39, 0.29) is 30.1 Å². The third-order valence-electron chi connectivity index (χ3n) is 3.30. The first-order valence-corrected chi connectivity index (χ1v) is 7.47. The second-order valence-corrected chi connectivity index (χ2v) is 5.28. The molecule has 0 radical (unpaired) electrons. The highest BCUT2D eigenvalue weighted by Gasteiger charge is 2.17. The van der Waals surface area contributed by atoms with Gasteiger partial charge in [-0.3, -0.25) is 9.59 Å². The van der Waals surface area contributed by atoms with Crippen LogP contribution in [0.4, 0.5) is 5.69 Å². The number of anilines is 1. The van der Waals surface area contributed by atoms with Crippen molar-refractivity contribution < 1.29 is 23.9 Å². The lowest BCUT2D eigenvalue weighted by Gasteiger charge is -2.11. The first kappa shape index (κ1) is 17.0. The molecule has 0 saturated carbocycles. The molecule has 124 valence electrons. The molecule has 0 unspecified atom stereocenters. The second-order valence-electron chi connectivity index (χ2n) is 5.28. The highest BCUT2D eigenvalue weighted by molar-refractivity contribution is 5.94. The second kappa shape index (κ2) is 8.28. The Kier molecular flexibility index (Phi) is 6.10. The Bertz CT molecular complexity index is 582. The number of ether oxygens (including phenoxy) is 2. The summed E-state index contributed by atoms with van der Waals surface area (Å²) in [6.07, 6.45) is 1.97. The third kappa shape index (κ3) is 5.71. The summed E-state index contributed by atoms with van der Waals surface area (Å²) in [5, 5.41) is 5.25. The van der Waals surface area contributed by atoms with Crippen molar-refractivity contribution in [3.05, 3.63) is 29.8 Å². The van der Waals surface area contributed by atoms with Crippen LogP contribution < -0.4 is 10.6 Å². The fourth-order valence-corrected chi connectivity index (χ4v) is 2.23. The largest absolute Gasteiger partial charge is 0.452 e. The molecule has 2 amide bonds. The van der Waals surface area contributed by atoms with Gasteiger partial charge in [-0.2, -0.15) is 0 Å². The molecular formula is C16H20N2O5. The SMILES string of the molecule is CC(=O)Nc1cccc(C(=O)OCC(=O)NC[C@@H]2CCCO2)c1. The first-order valence-electron chi connectivity index (χ1n) is 7.47. The minimum Gasteiger partial charge on any atom is -0.452 e. The Morgan fingerprint density at radius 3 is 2.87 bits per heavy atom. The van der Waals surface area contributed by atoms with Gasteiger partial charge in [0.25, 0.3) is 5.91 Å². The summed E-state index contributed by atoms with van der Waals surface area (Å²) in [6, 6.07) is 6.33. The van der Waals surface area contributed by atoms with E-state index in [9.17, 15) is 14.4 Å². The zero-order chi connectivity index (χ0) is 16.7. The lowest BCUT2D eigenvalue weighted by molar-refractivity contribution is -0.124. The summed E-state index contributed by atoms with van der Waals surface area (Å²) < 4.78 is 10.3. The van der Waals surface area contributed by atoms with Gasteiger partial charge in [0.05, 0.1) is 11.7 Å². The van der Waals surface area contributed by atoms with E-state index in [1.807, 2.05) is 0 Å². The number of hydrogen-bond acceptors (Lipinski definition) is 5. The van der Waals surface area contributed by atoms with Gasteiger partial charge in [0.1, 0.15) is 0 Å². The smallest absolute Gasteiger partial charge is 0.338 e. The predicted molar refractivity (Wildman–Crippen MR) is 83.0 cm³/mol. The van der Waals surface area contributed by atoms with E-state index in [0.29, 0.717) is 12.2 Å². The fraction of sp³-hybridized carbons (Fsp3) is 0.438. The zero-order valence-electron chi connectivity index (χ0n) is 13.0. The van der Waals surface area contributed by atoms with Gasteiger partial charge < -0.3 is 20.1 Å². The molecule has 23 heavy (non-hydrogen) atoms. The van der Waals surface area contributed by atoms with Crippen molar-refractivity contribution in [2.45, 2.75) is 25.9 Å². The van der Waals surface area contributed by atoms with Crippen molar-refractivity contribution in [2.24, 2.45) is 0 Å². The average Bonchev–Trinajstić information content (AvgIpc) is 3.03. The van der Waals surface area contributed by atoms with Crippen molar-refractivity contribution in [1.82, 2.24) is 5.32 Å². The molecule has 7 heteroatoms. The highest BCUT2D eigenvalue weighted by atomic mass is 16.5. The van der Waals surface area contributed by atoms with E-state index in [4.69, 9.17) is 9.47 Å². The molecule has 1 aliphatic rings. The van der Waals surface area contributed by atoms with Crippen molar-refractivity contribution in [2.75, 3.05) is 25.1 Å². The van der Waals surface area contributed by atoms with Crippen molar-refractivity contribution in [1.29, 1.82) is 0 Å². The summed E-state index contributed by atoms with van der Waals surface area (Å²) in [6.45, 7) is 2.17. The summed E-state index contributed by atoms with van der Waals surface area (Å²) >= 11 is 0. The molecule has 7 nitrogen and oxygen atoms in total. The number of carbonyl (C=O) groups excluding carboxylic acids is 3. The Labute approximate surface area is 134 Å². The maximum Gasteiger partial charge on any atom is 0.338 e. The topological polar surface area (TPSA) is 93.7 Å². The fourth-order valence-electron chi connectivity index (χ4n) is 2.23. The maximum atomic E-state index is 11.9. The van der Waals surface area contributed by atoms with Gasteiger partial charge in [-0.15, -0.1) is 0 Å². The predicted octanol–water partition coefficient (Wildman–Crippen LogP) is 1.10. The maximum absolute atomic E-state index is 11.9. The van der Waals surface area contributed by atoms with Crippen molar-refractivity contribution >= 4 is 23.5 Å². The van der Waals surface area contributed by atoms with Gasteiger partial charge >= 0.3 is 5.97 Å². The Hall–Kier alpha value is -2.41. The highest BCUT2D eigenvalue weighted by Crippen LogP contribution is 2.12. The van der Waals surface area contributed by atoms with Crippen molar-refractivity contribution in [3.8, 4) is 0 Å². The van der Waals surface area contributed by atoms with Crippen LogP contribution in [0.25, 0.3) is 0 Å². The molecule has 0 bridgehead atoms. The molecule has 0 spiro atoms. The normalized spacial score (nSPS) is 16.7. The lowest BCUT2D eigenvalue weighted by Crippen LogP contribution is -2.34. The summed E-state index contributed by atoms with van der Waals surface area (Å²) in [4.78, 5) is 34.6. The van der Waals surface area contributed by atoms with Crippen LogP contribution in [-0.4, -0.2) is 43.6 Å². The Morgan fingerprint density at radius 2 is 2.17 bits per heavy atom. The van der Waals surface area contributed by atoms with E-state index < -0.39 is 5.97 Å². The van der Waals surface area contributed by atoms with Crippen LogP contribution in [0.15, 0.2) is 24.3 Å². The van der Waals surface area contributed by atoms with E-state index in [0.717, 1.165) is 19.4 Å². The zero-order valence-corrected chi connectivity index (χ0v) is 13.0. The van der Waals surface area contributed by atoms with Gasteiger partial charge in [0, 0.05) is 25.8 Å². The quantitative estimate of drug-likeness (QED) is 0.766. The Morgan fingerprint density at radius 1 is 1.35 bits per heavy atom. The van der Waals surface area contributed by atoms with Gasteiger partial charge in [-0.25, -0.2) is 4.79 Å². The first-order chi connectivity index (χ1) is 11.0. The van der Waals surface area contributed by atoms with E-state index in [1.165, 1.54) is 13.0 Å². The van der Waals surface area contributed by atoms with Crippen LogP contribution in [0, 0.1) is 0 Å². The minimum atomic E-state index is -0.621. The van der Waals surface area contributed by atoms with Crippen molar-refractivity contribution in [3.63, 3.8) is 0 Å². The number of amides is 2. The third-order valence-corrected chi connectivity index (χ3v) is 3.30. The number of hydrogen-bond donors (Lipinski definition) is 2. The molecule has 1 aliphatic heterocycles. The monoisotopic (exact) mass is 320 g/mol. The number of benzene rings is 1. The van der Waals surface area contributed by atoms with E-state index in [2.05, 4.69) is 10.6 Å². The van der Waals surface area contributed by atoms with Crippen LogP contribution in [0.1, 0.15) is 30.1 Å². The van der Waals surface area contributed by atoms with Gasteiger partial charge in [0.2, 0.25) is 5.91 Å². The molecule has 1 heterocycles. The number of carbonyl (C=O) groups is 3. The van der Waals surface area contributed by atoms with Gasteiger partial charge in [-0.05, 0) is 31.0 Å². The summed E-state index contributed by atoms with van der Waals surface area (Å²) in [5.41, 5.74) is 0.762. The molecule has 2 N–H and O–H groups in total. The molecular weight excluding hydrogens is 300 g/mol. The number of nitrogens with one attached hydrogen (secondary N) is 2. The standard InChI is InChI=1S/C16H20N2O5/c1-11(19)18-13-5-2-4-12(8-13)16(21)23-10-15(20)17-9-14-6-3-7-22-14/h2,4-5,8,14H,3,6-7,9-10H2,1H3,(H,17,20)(H,18,19)/t14-/m0/s1. The van der Waals surface area contributed by atoms with E-state index >= 15 is 0 Å². The van der Waals surface area contributed by atoms with Crippen LogP contribution in [0.3, 0.4) is 0 Å².